The molecule has 26 heavy (non-hydrogen) atoms. The van der Waals surface area contributed by atoms with Gasteiger partial charge in [0.2, 0.25) is 11.8 Å². The number of aromatic hydroxyl groups is 1. The lowest BCUT2D eigenvalue weighted by atomic mass is 10.2. The third kappa shape index (κ3) is 5.38. The second-order valence-corrected chi connectivity index (χ2v) is 5.86. The Kier molecular flexibility index (Phi) is 6.39. The molecule has 2 amide bonds. The van der Waals surface area contributed by atoms with Crippen molar-refractivity contribution in [3.8, 4) is 5.75 Å². The molecule has 10 heteroatoms. The van der Waals surface area contributed by atoms with Crippen molar-refractivity contribution in [2.75, 3.05) is 5.32 Å². The predicted octanol–water partition coefficient (Wildman–Crippen LogP) is 2.54. The van der Waals surface area contributed by atoms with Crippen LogP contribution in [0.15, 0.2) is 52.0 Å². The maximum absolute atomic E-state index is 11.8. The summed E-state index contributed by atoms with van der Waals surface area (Å²) in [6.45, 7) is 0. The van der Waals surface area contributed by atoms with E-state index in [4.69, 9.17) is 0 Å². The summed E-state index contributed by atoms with van der Waals surface area (Å²) in [5.74, 6) is -1.65. The molecule has 0 aliphatic carbocycles. The number of benzene rings is 2. The van der Waals surface area contributed by atoms with Gasteiger partial charge in [0.15, 0.2) is 5.75 Å². The molecule has 2 aromatic carbocycles. The first-order chi connectivity index (χ1) is 12.4. The first-order valence-corrected chi connectivity index (χ1v) is 8.00. The fourth-order valence-corrected chi connectivity index (χ4v) is 2.27. The molecule has 0 bridgehead atoms. The second kappa shape index (κ2) is 8.72. The minimum absolute atomic E-state index is 0.299. The molecule has 0 saturated heterocycles. The summed E-state index contributed by atoms with van der Waals surface area (Å²) in [4.78, 5) is 33.5. The van der Waals surface area contributed by atoms with Crippen LogP contribution in [0.2, 0.25) is 0 Å². The van der Waals surface area contributed by atoms with Crippen molar-refractivity contribution >= 4 is 45.3 Å². The molecule has 9 nitrogen and oxygen atoms in total. The number of nitrogens with one attached hydrogen (secondary N) is 2. The van der Waals surface area contributed by atoms with Crippen LogP contribution in [-0.2, 0) is 9.59 Å². The number of carbonyl (C=O) groups is 2. The molecule has 0 aromatic heterocycles. The third-order valence-electron chi connectivity index (χ3n) is 3.07. The predicted molar refractivity (Wildman–Crippen MR) is 97.9 cm³/mol. The van der Waals surface area contributed by atoms with Crippen LogP contribution in [-0.4, -0.2) is 28.1 Å². The molecule has 0 spiro atoms. The second-order valence-electron chi connectivity index (χ2n) is 5.00. The molecule has 0 unspecified atom stereocenters. The summed E-state index contributed by atoms with van der Waals surface area (Å²) in [6, 6.07) is 10.6. The first-order valence-electron chi connectivity index (χ1n) is 7.20. The molecule has 3 N–H and O–H groups in total. The highest BCUT2D eigenvalue weighted by molar-refractivity contribution is 9.10. The lowest BCUT2D eigenvalue weighted by molar-refractivity contribution is -0.385. The number of hydrazone groups is 1. The first kappa shape index (κ1) is 19.1. The van der Waals surface area contributed by atoms with Gasteiger partial charge in [0.1, 0.15) is 6.42 Å². The number of halogens is 1. The van der Waals surface area contributed by atoms with E-state index in [1.54, 1.807) is 24.3 Å². The van der Waals surface area contributed by atoms with E-state index in [-0.39, 0.29) is 0 Å². The standard InChI is InChI=1S/C16H13BrN4O5/c17-11-3-1-2-4-12(11)19-15(23)8-16(24)20-18-9-10-5-6-14(22)13(7-10)21(25)26/h1-7,9,22H,8H2,(H,19,23)(H,20,24)/b18-9+. The molecule has 0 heterocycles. The smallest absolute Gasteiger partial charge is 0.311 e. The number of nitro groups is 1. The number of carbonyl (C=O) groups excluding carboxylic acids is 2. The number of phenolic OH excluding ortho intramolecular Hbond substituents is 1. The Bertz CT molecular complexity index is 885. The molecule has 0 radical (unpaired) electrons. The minimum Gasteiger partial charge on any atom is -0.502 e. The number of hydrogen-bond donors (Lipinski definition) is 3. The third-order valence-corrected chi connectivity index (χ3v) is 3.76. The van der Waals surface area contributed by atoms with Gasteiger partial charge in [0.05, 0.1) is 16.8 Å². The number of phenols is 1. The Morgan fingerprint density at radius 3 is 2.65 bits per heavy atom. The van der Waals surface area contributed by atoms with Crippen molar-refractivity contribution in [2.24, 2.45) is 5.10 Å². The molecule has 0 aliphatic rings. The van der Waals surface area contributed by atoms with E-state index in [0.717, 1.165) is 18.3 Å². The zero-order chi connectivity index (χ0) is 19.1. The van der Waals surface area contributed by atoms with E-state index >= 15 is 0 Å². The highest BCUT2D eigenvalue weighted by Gasteiger charge is 2.13. The highest BCUT2D eigenvalue weighted by Crippen LogP contribution is 2.25. The molecule has 0 atom stereocenters. The Hall–Kier alpha value is -3.27. The molecule has 0 saturated carbocycles. The van der Waals surface area contributed by atoms with Crippen molar-refractivity contribution in [1.29, 1.82) is 0 Å². The summed E-state index contributed by atoms with van der Waals surface area (Å²) in [5, 5.41) is 26.3. The average Bonchev–Trinajstić information content (AvgIpc) is 2.58. The van der Waals surface area contributed by atoms with Gasteiger partial charge in [-0.25, -0.2) is 5.43 Å². The molecule has 2 aromatic rings. The van der Waals surface area contributed by atoms with E-state index in [9.17, 15) is 24.8 Å². The number of amides is 2. The van der Waals surface area contributed by atoms with Crippen molar-refractivity contribution in [1.82, 2.24) is 5.43 Å². The number of rotatable bonds is 6. The van der Waals surface area contributed by atoms with Gasteiger partial charge in [-0.05, 0) is 40.2 Å². The maximum Gasteiger partial charge on any atom is 0.311 e. The van der Waals surface area contributed by atoms with Crippen molar-refractivity contribution in [2.45, 2.75) is 6.42 Å². The van der Waals surface area contributed by atoms with Crippen LogP contribution < -0.4 is 10.7 Å². The number of nitro benzene ring substituents is 1. The highest BCUT2D eigenvalue weighted by atomic mass is 79.9. The van der Waals surface area contributed by atoms with Gasteiger partial charge < -0.3 is 10.4 Å². The maximum atomic E-state index is 11.8. The van der Waals surface area contributed by atoms with Gasteiger partial charge in [-0.15, -0.1) is 0 Å². The SMILES string of the molecule is O=C(CC(=O)Nc1ccccc1Br)N/N=C/c1ccc(O)c([N+](=O)[O-])c1. The van der Waals surface area contributed by atoms with Gasteiger partial charge in [-0.1, -0.05) is 12.1 Å². The zero-order valence-corrected chi connectivity index (χ0v) is 14.8. The molecular weight excluding hydrogens is 408 g/mol. The van der Waals surface area contributed by atoms with E-state index < -0.39 is 34.6 Å². The van der Waals surface area contributed by atoms with Crippen molar-refractivity contribution < 1.29 is 19.6 Å². The normalized spacial score (nSPS) is 10.5. The topological polar surface area (TPSA) is 134 Å². The molecule has 0 aliphatic heterocycles. The molecule has 134 valence electrons. The van der Waals surface area contributed by atoms with E-state index in [2.05, 4.69) is 31.8 Å². The lowest BCUT2D eigenvalue weighted by Gasteiger charge is -2.06. The zero-order valence-electron chi connectivity index (χ0n) is 13.2. The fraction of sp³-hybridized carbons (Fsp3) is 0.0625. The lowest BCUT2D eigenvalue weighted by Crippen LogP contribution is -2.24. The number of nitrogens with zero attached hydrogens (tertiary/aromatic N) is 2. The van der Waals surface area contributed by atoms with Gasteiger partial charge >= 0.3 is 5.69 Å². The summed E-state index contributed by atoms with van der Waals surface area (Å²) in [7, 11) is 0. The van der Waals surface area contributed by atoms with Crippen LogP contribution in [0.5, 0.6) is 5.75 Å². The van der Waals surface area contributed by atoms with Crippen LogP contribution in [0, 0.1) is 10.1 Å². The monoisotopic (exact) mass is 420 g/mol. The summed E-state index contributed by atoms with van der Waals surface area (Å²) < 4.78 is 0.681. The fourth-order valence-electron chi connectivity index (χ4n) is 1.89. The van der Waals surface area contributed by atoms with Crippen LogP contribution >= 0.6 is 15.9 Å². The van der Waals surface area contributed by atoms with Crippen molar-refractivity contribution in [3.05, 3.63) is 62.6 Å². The van der Waals surface area contributed by atoms with E-state index in [1.165, 1.54) is 6.07 Å². The Morgan fingerprint density at radius 2 is 1.96 bits per heavy atom. The van der Waals surface area contributed by atoms with E-state index in [1.807, 2.05) is 0 Å². The van der Waals surface area contributed by atoms with Crippen molar-refractivity contribution in [3.63, 3.8) is 0 Å². The van der Waals surface area contributed by atoms with Crippen LogP contribution in [0.4, 0.5) is 11.4 Å². The van der Waals surface area contributed by atoms with E-state index in [0.29, 0.717) is 15.7 Å². The molecule has 0 fully saturated rings. The number of para-hydroxylation sites is 1. The van der Waals surface area contributed by atoms with Crippen LogP contribution in [0.1, 0.15) is 12.0 Å². The minimum atomic E-state index is -0.739. The van der Waals surface area contributed by atoms with Gasteiger partial charge in [-0.2, -0.15) is 5.10 Å². The van der Waals surface area contributed by atoms with Gasteiger partial charge in [0.25, 0.3) is 0 Å². The largest absolute Gasteiger partial charge is 0.502 e. The van der Waals surface area contributed by atoms with Crippen LogP contribution in [0.25, 0.3) is 0 Å². The van der Waals surface area contributed by atoms with Crippen LogP contribution in [0.3, 0.4) is 0 Å². The molecule has 2 rings (SSSR count). The number of anilines is 1. The summed E-state index contributed by atoms with van der Waals surface area (Å²) in [6.07, 6.45) is 0.713. The Labute approximate surface area is 156 Å². The number of hydrogen-bond acceptors (Lipinski definition) is 6. The summed E-state index contributed by atoms with van der Waals surface area (Å²) >= 11 is 3.28. The quantitative estimate of drug-likeness (QED) is 0.285. The summed E-state index contributed by atoms with van der Waals surface area (Å²) in [5.41, 5.74) is 2.50. The van der Waals surface area contributed by atoms with Gasteiger partial charge in [0, 0.05) is 16.1 Å². The van der Waals surface area contributed by atoms with Gasteiger partial charge in [-0.3, -0.25) is 19.7 Å². The average molecular weight is 421 g/mol. The Balaban J connectivity index is 1.89. The Morgan fingerprint density at radius 1 is 1.23 bits per heavy atom. The molecular formula is C16H13BrN4O5.